The van der Waals surface area contributed by atoms with Crippen LogP contribution in [0.15, 0.2) is 41.2 Å². The molecule has 0 bridgehead atoms. The Labute approximate surface area is 181 Å². The lowest BCUT2D eigenvalue weighted by Crippen LogP contribution is -2.29. The number of hydrogen-bond acceptors (Lipinski definition) is 4. The molecule has 0 saturated carbocycles. The van der Waals surface area contributed by atoms with Crippen LogP contribution < -0.4 is 16.5 Å². The summed E-state index contributed by atoms with van der Waals surface area (Å²) >= 11 is 0. The van der Waals surface area contributed by atoms with E-state index in [1.165, 1.54) is 7.11 Å². The third-order valence-corrected chi connectivity index (χ3v) is 5.79. The van der Waals surface area contributed by atoms with E-state index in [1.54, 1.807) is 15.2 Å². The summed E-state index contributed by atoms with van der Waals surface area (Å²) in [7, 11) is 7.40. The lowest BCUT2D eigenvalue weighted by atomic mass is 9.90. The summed E-state index contributed by atoms with van der Waals surface area (Å²) in [6, 6.07) is 10.8. The predicted molar refractivity (Wildman–Crippen MR) is 120 cm³/mol. The van der Waals surface area contributed by atoms with Crippen molar-refractivity contribution in [2.75, 3.05) is 12.4 Å². The first-order chi connectivity index (χ1) is 14.9. The van der Waals surface area contributed by atoms with Gasteiger partial charge >= 0.3 is 11.7 Å². The van der Waals surface area contributed by atoms with Crippen LogP contribution in [0.2, 0.25) is 0 Å². The molecule has 158 valence electrons. The topological polar surface area (TPSA) is 82.3 Å². The van der Waals surface area contributed by atoms with Gasteiger partial charge in [-0.3, -0.25) is 18.7 Å². The summed E-state index contributed by atoms with van der Waals surface area (Å²) in [5.41, 5.74) is 4.27. The van der Waals surface area contributed by atoms with Gasteiger partial charge in [0.25, 0.3) is 0 Å². The Morgan fingerprint density at radius 1 is 1.23 bits per heavy atom. The molecule has 0 fully saturated rings. The minimum Gasteiger partial charge on any atom is -0.469 e. The number of fused-ring (bicyclic) bond motifs is 2. The molecule has 8 heteroatoms. The van der Waals surface area contributed by atoms with E-state index in [2.05, 4.69) is 5.32 Å². The van der Waals surface area contributed by atoms with E-state index in [9.17, 15) is 14.4 Å². The molecule has 31 heavy (non-hydrogen) atoms. The number of rotatable bonds is 7. The second-order valence-electron chi connectivity index (χ2n) is 7.88. The average molecular weight is 417 g/mol. The number of aromatic nitrogens is 2. The number of imidazole rings is 1. The highest BCUT2D eigenvalue weighted by Crippen LogP contribution is 2.28. The van der Waals surface area contributed by atoms with Gasteiger partial charge in [0.1, 0.15) is 7.85 Å². The van der Waals surface area contributed by atoms with Gasteiger partial charge in [0.15, 0.2) is 0 Å². The molecule has 2 radical (unpaired) electrons. The maximum absolute atomic E-state index is 13.6. The SMILES string of the molecule is [B]c1cc(Cn2c(=O)n(C(CCC)CC(=O)OC)c3ccccc32)c2c(c1)NC(=O)C2. The van der Waals surface area contributed by atoms with Crippen molar-refractivity contribution in [3.05, 3.63) is 58.0 Å². The Kier molecular flexibility index (Phi) is 5.72. The van der Waals surface area contributed by atoms with Gasteiger partial charge in [0.2, 0.25) is 5.91 Å². The number of hydrogen-bond donors (Lipinski definition) is 1. The molecule has 0 saturated heterocycles. The van der Waals surface area contributed by atoms with Crippen LogP contribution in [0.3, 0.4) is 0 Å². The number of esters is 1. The van der Waals surface area contributed by atoms with Gasteiger partial charge in [-0.05, 0) is 35.7 Å². The Balaban J connectivity index is 1.84. The number of benzene rings is 2. The maximum atomic E-state index is 13.6. The highest BCUT2D eigenvalue weighted by atomic mass is 16.5. The first-order valence-corrected chi connectivity index (χ1v) is 10.4. The van der Waals surface area contributed by atoms with Crippen molar-refractivity contribution in [2.24, 2.45) is 0 Å². The van der Waals surface area contributed by atoms with Gasteiger partial charge in [-0.25, -0.2) is 4.79 Å². The van der Waals surface area contributed by atoms with Crippen molar-refractivity contribution in [3.63, 3.8) is 0 Å². The number of carbonyl (C=O) groups is 2. The molecule has 2 aromatic carbocycles. The summed E-state index contributed by atoms with van der Waals surface area (Å²) in [5.74, 6) is -0.432. The quantitative estimate of drug-likeness (QED) is 0.471. The molecule has 1 N–H and O–H groups in total. The number of ether oxygens (including phenoxy) is 1. The molecule has 1 amide bonds. The Bertz CT molecular complexity index is 1230. The number of amides is 1. The summed E-state index contributed by atoms with van der Waals surface area (Å²) in [4.78, 5) is 37.5. The molecular formula is C23H24BN3O4. The molecule has 1 aliphatic rings. The molecular weight excluding hydrogens is 393 g/mol. The second kappa shape index (κ2) is 8.45. The molecule has 1 aromatic heterocycles. The zero-order valence-electron chi connectivity index (χ0n) is 17.7. The average Bonchev–Trinajstić information content (AvgIpc) is 3.24. The minimum absolute atomic E-state index is 0.0855. The number of carbonyl (C=O) groups excluding carboxylic acids is 2. The summed E-state index contributed by atoms with van der Waals surface area (Å²) in [6.45, 7) is 2.31. The molecule has 7 nitrogen and oxygen atoms in total. The Morgan fingerprint density at radius 2 is 1.97 bits per heavy atom. The summed E-state index contributed by atoms with van der Waals surface area (Å²) in [5, 5.41) is 2.82. The summed E-state index contributed by atoms with van der Waals surface area (Å²) < 4.78 is 8.25. The van der Waals surface area contributed by atoms with Crippen LogP contribution in [0.1, 0.15) is 43.4 Å². The van der Waals surface area contributed by atoms with Crippen molar-refractivity contribution < 1.29 is 14.3 Å². The van der Waals surface area contributed by atoms with Crippen molar-refractivity contribution >= 4 is 41.9 Å². The number of anilines is 1. The van der Waals surface area contributed by atoms with Crippen molar-refractivity contribution in [2.45, 2.75) is 45.2 Å². The smallest absolute Gasteiger partial charge is 0.329 e. The Hall–Kier alpha value is -3.29. The third kappa shape index (κ3) is 3.90. The molecule has 2 heterocycles. The lowest BCUT2D eigenvalue weighted by molar-refractivity contribution is -0.141. The van der Waals surface area contributed by atoms with Crippen LogP contribution >= 0.6 is 0 Å². The molecule has 0 aliphatic carbocycles. The summed E-state index contributed by atoms with van der Waals surface area (Å²) in [6.07, 6.45) is 1.89. The second-order valence-corrected chi connectivity index (χ2v) is 7.88. The van der Waals surface area contributed by atoms with E-state index >= 15 is 0 Å². The van der Waals surface area contributed by atoms with Gasteiger partial charge in [-0.2, -0.15) is 0 Å². The van der Waals surface area contributed by atoms with Crippen LogP contribution in [-0.4, -0.2) is 36.0 Å². The van der Waals surface area contributed by atoms with Crippen molar-refractivity contribution in [1.82, 2.24) is 9.13 Å². The van der Waals surface area contributed by atoms with E-state index < -0.39 is 0 Å². The van der Waals surface area contributed by atoms with Crippen LogP contribution in [-0.2, 0) is 27.3 Å². The van der Waals surface area contributed by atoms with Crippen molar-refractivity contribution in [3.8, 4) is 0 Å². The number of methoxy groups -OCH3 is 1. The van der Waals surface area contributed by atoms with E-state index in [1.807, 2.05) is 37.3 Å². The predicted octanol–water partition coefficient (Wildman–Crippen LogP) is 2.04. The van der Waals surface area contributed by atoms with Gasteiger partial charge in [0, 0.05) is 11.7 Å². The highest BCUT2D eigenvalue weighted by Gasteiger charge is 2.25. The van der Waals surface area contributed by atoms with Crippen LogP contribution in [0.4, 0.5) is 5.69 Å². The largest absolute Gasteiger partial charge is 0.469 e. The van der Waals surface area contributed by atoms with E-state index in [0.29, 0.717) is 17.6 Å². The van der Waals surface area contributed by atoms with Gasteiger partial charge < -0.3 is 10.1 Å². The normalized spacial score (nSPS) is 13.8. The first kappa shape index (κ1) is 21.0. The van der Waals surface area contributed by atoms with Gasteiger partial charge in [-0.1, -0.05) is 37.0 Å². The minimum atomic E-state index is -0.347. The monoisotopic (exact) mass is 417 g/mol. The molecule has 3 aromatic rings. The fourth-order valence-corrected chi connectivity index (χ4v) is 4.41. The number of para-hydroxylation sites is 2. The van der Waals surface area contributed by atoms with Crippen LogP contribution in [0, 0.1) is 0 Å². The van der Waals surface area contributed by atoms with Crippen molar-refractivity contribution in [1.29, 1.82) is 0 Å². The van der Waals surface area contributed by atoms with Crippen LogP contribution in [0.25, 0.3) is 11.0 Å². The van der Waals surface area contributed by atoms with Gasteiger partial charge in [0.05, 0.1) is 37.5 Å². The third-order valence-electron chi connectivity index (χ3n) is 5.79. The fourth-order valence-electron chi connectivity index (χ4n) is 4.41. The first-order valence-electron chi connectivity index (χ1n) is 10.4. The standard InChI is InChI=1S/C23H24BN3O4/c1-3-6-16(11-22(29)31-2)27-20-8-5-4-7-19(20)26(23(27)30)13-14-9-15(24)10-18-17(14)12-21(28)25-18/h4-5,7-10,16H,3,6,11-13H2,1-2H3,(H,25,28). The highest BCUT2D eigenvalue weighted by molar-refractivity contribution is 6.33. The molecule has 1 aliphatic heterocycles. The van der Waals surface area contributed by atoms with E-state index in [4.69, 9.17) is 12.6 Å². The zero-order valence-corrected chi connectivity index (χ0v) is 17.7. The zero-order chi connectivity index (χ0) is 22.1. The molecule has 1 atom stereocenters. The fraction of sp³-hybridized carbons (Fsp3) is 0.348. The Morgan fingerprint density at radius 3 is 2.68 bits per heavy atom. The molecule has 1 unspecified atom stereocenters. The maximum Gasteiger partial charge on any atom is 0.329 e. The van der Waals surface area contributed by atoms with Crippen LogP contribution in [0.5, 0.6) is 0 Å². The van der Waals surface area contributed by atoms with E-state index in [0.717, 1.165) is 28.6 Å². The molecule has 4 rings (SSSR count). The number of nitrogens with zero attached hydrogens (tertiary/aromatic N) is 2. The van der Waals surface area contributed by atoms with Gasteiger partial charge in [-0.15, -0.1) is 0 Å². The van der Waals surface area contributed by atoms with E-state index in [-0.39, 0.29) is 43.0 Å². The number of nitrogens with one attached hydrogen (secondary N) is 1. The lowest BCUT2D eigenvalue weighted by Gasteiger charge is -2.17. The molecule has 0 spiro atoms.